The van der Waals surface area contributed by atoms with Gasteiger partial charge in [-0.05, 0) is 48.0 Å². The second-order valence-corrected chi connectivity index (χ2v) is 8.00. The number of hydrogen-bond donors (Lipinski definition) is 0. The molecule has 0 radical (unpaired) electrons. The molecule has 0 bridgehead atoms. The Balaban J connectivity index is 1.37. The van der Waals surface area contributed by atoms with Gasteiger partial charge in [0, 0.05) is 36.2 Å². The first-order valence-corrected chi connectivity index (χ1v) is 10.5. The topological polar surface area (TPSA) is 42.7 Å². The van der Waals surface area contributed by atoms with Crippen LogP contribution in [0.4, 0.5) is 5.82 Å². The van der Waals surface area contributed by atoms with Crippen LogP contribution in [0, 0.1) is 0 Å². The van der Waals surface area contributed by atoms with Gasteiger partial charge >= 0.3 is 0 Å². The highest BCUT2D eigenvalue weighted by molar-refractivity contribution is 5.80. The average molecular weight is 406 g/mol. The molecule has 31 heavy (non-hydrogen) atoms. The van der Waals surface area contributed by atoms with E-state index in [-0.39, 0.29) is 0 Å². The predicted octanol–water partition coefficient (Wildman–Crippen LogP) is 5.16. The highest BCUT2D eigenvalue weighted by atomic mass is 16.5. The number of fused-ring (bicyclic) bond motifs is 2. The van der Waals surface area contributed by atoms with Gasteiger partial charge < -0.3 is 9.64 Å². The van der Waals surface area contributed by atoms with E-state index in [1.807, 2.05) is 30.5 Å². The van der Waals surface area contributed by atoms with Crippen molar-refractivity contribution in [2.45, 2.75) is 5.92 Å². The monoisotopic (exact) mass is 406 g/mol. The number of pyridine rings is 2. The lowest BCUT2D eigenvalue weighted by Crippen LogP contribution is -2.46. The van der Waals surface area contributed by atoms with Crippen molar-refractivity contribution < 1.29 is 4.74 Å². The number of anilines is 1. The Labute approximate surface area is 180 Å². The first kappa shape index (κ1) is 18.0. The van der Waals surface area contributed by atoms with Crippen LogP contribution < -0.4 is 9.64 Å². The molecule has 0 amide bonds. The zero-order valence-electron chi connectivity index (χ0n) is 17.3. The summed E-state index contributed by atoms with van der Waals surface area (Å²) in [5, 5.41) is 5.81. The zero-order valence-corrected chi connectivity index (χ0v) is 17.3. The van der Waals surface area contributed by atoms with E-state index in [1.54, 1.807) is 7.11 Å². The van der Waals surface area contributed by atoms with E-state index in [9.17, 15) is 0 Å². The van der Waals surface area contributed by atoms with Crippen LogP contribution in [0.25, 0.3) is 27.5 Å². The first-order valence-electron chi connectivity index (χ1n) is 10.5. The van der Waals surface area contributed by atoms with E-state index in [4.69, 9.17) is 9.72 Å². The summed E-state index contributed by atoms with van der Waals surface area (Å²) >= 11 is 0. The molecule has 1 aliphatic rings. The van der Waals surface area contributed by atoms with Crippen LogP contribution in [-0.2, 0) is 0 Å². The fraction of sp³-hybridized carbons (Fsp3) is 0.154. The van der Waals surface area contributed by atoms with Crippen molar-refractivity contribution in [2.24, 2.45) is 0 Å². The summed E-state index contributed by atoms with van der Waals surface area (Å²) in [6.07, 6.45) is 1.87. The number of hydrogen-bond acceptors (Lipinski definition) is 4. The minimum absolute atomic E-state index is 0.373. The Morgan fingerprint density at radius 3 is 2.71 bits per heavy atom. The van der Waals surface area contributed by atoms with Crippen LogP contribution in [-0.4, -0.2) is 34.8 Å². The average Bonchev–Trinajstić information content (AvgIpc) is 3.27. The third kappa shape index (κ3) is 3.01. The molecule has 0 saturated carbocycles. The molecule has 5 heteroatoms. The van der Waals surface area contributed by atoms with Gasteiger partial charge in [-0.25, -0.2) is 9.50 Å². The van der Waals surface area contributed by atoms with E-state index in [2.05, 4.69) is 69.1 Å². The third-order valence-electron chi connectivity index (χ3n) is 6.15. The Hall–Kier alpha value is -3.86. The number of benzene rings is 2. The van der Waals surface area contributed by atoms with Crippen LogP contribution in [0.2, 0.25) is 0 Å². The maximum Gasteiger partial charge on any atom is 0.129 e. The lowest BCUT2D eigenvalue weighted by atomic mass is 9.89. The molecule has 6 rings (SSSR count). The molecule has 0 atom stereocenters. The molecule has 0 N–H and O–H groups in total. The van der Waals surface area contributed by atoms with Crippen molar-refractivity contribution in [3.05, 3.63) is 90.8 Å². The van der Waals surface area contributed by atoms with E-state index in [0.29, 0.717) is 5.92 Å². The molecular formula is C26H22N4O. The quantitative estimate of drug-likeness (QED) is 0.413. The molecule has 3 aromatic heterocycles. The van der Waals surface area contributed by atoms with Gasteiger partial charge in [0.15, 0.2) is 0 Å². The minimum Gasteiger partial charge on any atom is -0.497 e. The predicted molar refractivity (Wildman–Crippen MR) is 124 cm³/mol. The molecule has 0 aliphatic carbocycles. The highest BCUT2D eigenvalue weighted by Gasteiger charge is 2.33. The third-order valence-corrected chi connectivity index (χ3v) is 6.15. The van der Waals surface area contributed by atoms with Crippen LogP contribution >= 0.6 is 0 Å². The highest BCUT2D eigenvalue weighted by Crippen LogP contribution is 2.38. The van der Waals surface area contributed by atoms with Crippen molar-refractivity contribution in [3.8, 4) is 16.9 Å². The first-order chi connectivity index (χ1) is 15.3. The van der Waals surface area contributed by atoms with Crippen LogP contribution in [0.3, 0.4) is 0 Å². The Kier molecular flexibility index (Phi) is 4.13. The van der Waals surface area contributed by atoms with E-state index >= 15 is 0 Å². The number of methoxy groups -OCH3 is 1. The van der Waals surface area contributed by atoms with Gasteiger partial charge in [-0.1, -0.05) is 36.4 Å². The maximum absolute atomic E-state index is 5.46. The summed E-state index contributed by atoms with van der Waals surface area (Å²) in [6.45, 7) is 1.84. The van der Waals surface area contributed by atoms with Crippen LogP contribution in [0.1, 0.15) is 11.6 Å². The van der Waals surface area contributed by atoms with Crippen molar-refractivity contribution in [1.29, 1.82) is 0 Å². The maximum atomic E-state index is 5.46. The molecule has 1 aliphatic heterocycles. The van der Waals surface area contributed by atoms with Gasteiger partial charge in [-0.3, -0.25) is 0 Å². The number of nitrogens with zero attached hydrogens (tertiary/aromatic N) is 4. The van der Waals surface area contributed by atoms with Gasteiger partial charge in [-0.15, -0.1) is 0 Å². The lowest BCUT2D eigenvalue weighted by molar-refractivity contribution is 0.415. The SMILES string of the molecule is COc1cccc(-c2ccc3ccnn3c2C2CN(c3ccc4ccccc4n3)C2)c1. The Morgan fingerprint density at radius 2 is 1.81 bits per heavy atom. The van der Waals surface area contributed by atoms with Crippen molar-refractivity contribution in [3.63, 3.8) is 0 Å². The molecular weight excluding hydrogens is 384 g/mol. The molecule has 4 heterocycles. The van der Waals surface area contributed by atoms with E-state index < -0.39 is 0 Å². The Bertz CT molecular complexity index is 1400. The fourth-order valence-electron chi connectivity index (χ4n) is 4.51. The van der Waals surface area contributed by atoms with E-state index in [1.165, 1.54) is 16.6 Å². The van der Waals surface area contributed by atoms with Crippen molar-refractivity contribution >= 4 is 22.2 Å². The van der Waals surface area contributed by atoms with Crippen LogP contribution in [0.5, 0.6) is 5.75 Å². The molecule has 0 unspecified atom stereocenters. The largest absolute Gasteiger partial charge is 0.497 e. The summed E-state index contributed by atoms with van der Waals surface area (Å²) in [5.74, 6) is 2.27. The summed E-state index contributed by atoms with van der Waals surface area (Å²) < 4.78 is 7.55. The molecule has 152 valence electrons. The number of aromatic nitrogens is 3. The molecule has 5 aromatic rings. The summed E-state index contributed by atoms with van der Waals surface area (Å²) in [7, 11) is 1.71. The summed E-state index contributed by atoms with van der Waals surface area (Å²) in [5.41, 5.74) is 5.74. The Morgan fingerprint density at radius 1 is 0.903 bits per heavy atom. The van der Waals surface area contributed by atoms with Gasteiger partial charge in [0.2, 0.25) is 0 Å². The standard InChI is InChI=1S/C26H22N4O/c1-31-22-7-4-6-19(15-22)23-11-10-21-13-14-27-30(21)26(23)20-16-29(17-20)25-12-9-18-5-2-3-8-24(18)28-25/h2-15,20H,16-17H2,1H3. The van der Waals surface area contributed by atoms with Gasteiger partial charge in [0.1, 0.15) is 11.6 Å². The van der Waals surface area contributed by atoms with Crippen molar-refractivity contribution in [2.75, 3.05) is 25.1 Å². The smallest absolute Gasteiger partial charge is 0.129 e. The van der Waals surface area contributed by atoms with Crippen molar-refractivity contribution in [1.82, 2.24) is 14.6 Å². The van der Waals surface area contributed by atoms with Crippen LogP contribution in [0.15, 0.2) is 85.1 Å². The number of ether oxygens (including phenoxy) is 1. The van der Waals surface area contributed by atoms with Gasteiger partial charge in [0.25, 0.3) is 0 Å². The molecule has 1 fully saturated rings. The second-order valence-electron chi connectivity index (χ2n) is 8.00. The second kappa shape index (κ2) is 7.13. The zero-order chi connectivity index (χ0) is 20.8. The summed E-state index contributed by atoms with van der Waals surface area (Å²) in [4.78, 5) is 7.21. The van der Waals surface area contributed by atoms with Gasteiger partial charge in [-0.2, -0.15) is 5.10 Å². The molecule has 2 aromatic carbocycles. The van der Waals surface area contributed by atoms with E-state index in [0.717, 1.165) is 41.3 Å². The van der Waals surface area contributed by atoms with Gasteiger partial charge in [0.05, 0.1) is 23.8 Å². The number of para-hydroxylation sites is 1. The molecule has 5 nitrogen and oxygen atoms in total. The number of rotatable bonds is 4. The fourth-order valence-corrected chi connectivity index (χ4v) is 4.51. The molecule has 1 saturated heterocycles. The lowest BCUT2D eigenvalue weighted by Gasteiger charge is -2.41. The normalized spacial score (nSPS) is 14.2. The minimum atomic E-state index is 0.373. The molecule has 0 spiro atoms. The summed E-state index contributed by atoms with van der Waals surface area (Å²) in [6, 6.07) is 27.2.